The Morgan fingerprint density at radius 2 is 1.66 bits per heavy atom. The highest BCUT2D eigenvalue weighted by Gasteiger charge is 2.69. The Hall–Kier alpha value is -3.47. The van der Waals surface area contributed by atoms with E-state index in [0.717, 1.165) is 11.1 Å². The van der Waals surface area contributed by atoms with Gasteiger partial charge in [0.1, 0.15) is 12.1 Å². The molecule has 242 valence electrons. The quantitative estimate of drug-likeness (QED) is 0.264. The molecule has 1 aromatic rings. The van der Waals surface area contributed by atoms with Crippen molar-refractivity contribution in [3.63, 3.8) is 0 Å². The molecule has 1 aromatic carbocycles. The van der Waals surface area contributed by atoms with E-state index in [1.807, 2.05) is 52.0 Å². The van der Waals surface area contributed by atoms with Crippen molar-refractivity contribution in [2.24, 2.45) is 34.3 Å². The Balaban J connectivity index is 1.61. The molecular weight excluding hydrogens is 562 g/mol. The molecule has 5 N–H and O–H groups in total. The van der Waals surface area contributed by atoms with Gasteiger partial charge in [-0.05, 0) is 59.0 Å². The summed E-state index contributed by atoms with van der Waals surface area (Å²) in [5, 5.41) is 8.74. The maximum absolute atomic E-state index is 14.5. The largest absolute Gasteiger partial charge is 0.383 e. The van der Waals surface area contributed by atoms with Crippen LogP contribution in [0.1, 0.15) is 65.5 Å². The number of primary amides is 1. The molecule has 2 fully saturated rings. The lowest BCUT2D eigenvalue weighted by Crippen LogP contribution is -2.61. The van der Waals surface area contributed by atoms with Crippen LogP contribution in [0.4, 0.5) is 4.79 Å². The van der Waals surface area contributed by atoms with Gasteiger partial charge in [-0.3, -0.25) is 19.2 Å². The van der Waals surface area contributed by atoms with Gasteiger partial charge in [-0.2, -0.15) is 0 Å². The third-order valence-electron chi connectivity index (χ3n) is 10.0. The average molecular weight is 612 g/mol. The molecule has 1 aliphatic heterocycles. The molecule has 11 nitrogen and oxygen atoms in total. The molecule has 4 rings (SSSR count). The number of hydrogen-bond acceptors (Lipinski definition) is 6. The number of hydrogen-bond donors (Lipinski definition) is 4. The number of benzene rings is 1. The van der Waals surface area contributed by atoms with Gasteiger partial charge in [0.15, 0.2) is 0 Å². The first-order valence-electron chi connectivity index (χ1n) is 15.7. The van der Waals surface area contributed by atoms with E-state index in [1.165, 1.54) is 0 Å². The number of nitrogens with two attached hydrogens (primary N) is 1. The van der Waals surface area contributed by atoms with Crippen molar-refractivity contribution >= 4 is 29.5 Å². The van der Waals surface area contributed by atoms with Crippen molar-refractivity contribution in [3.05, 3.63) is 35.4 Å². The van der Waals surface area contributed by atoms with E-state index in [2.05, 4.69) is 29.8 Å². The number of ether oxygens (including phenoxy) is 1. The molecule has 0 aromatic heterocycles. The highest BCUT2D eigenvalue weighted by molar-refractivity contribution is 6.37. The summed E-state index contributed by atoms with van der Waals surface area (Å²) in [5.41, 5.74) is 7.07. The fraction of sp³-hybridized carbons (Fsp3) is 0.667. The minimum Gasteiger partial charge on any atom is -0.383 e. The number of amides is 5. The molecule has 0 radical (unpaired) electrons. The van der Waals surface area contributed by atoms with E-state index in [-0.39, 0.29) is 47.0 Å². The van der Waals surface area contributed by atoms with Crippen LogP contribution in [0.3, 0.4) is 0 Å². The molecule has 1 saturated heterocycles. The first kappa shape index (κ1) is 33.4. The minimum atomic E-state index is -1.11. The molecule has 1 saturated carbocycles. The summed E-state index contributed by atoms with van der Waals surface area (Å²) >= 11 is 0. The maximum atomic E-state index is 14.5. The number of Topliss-reactive ketones (excluding diaryl/α,β-unsaturated/α-hetero) is 1. The Labute approximate surface area is 260 Å². The van der Waals surface area contributed by atoms with Crippen LogP contribution in [0.15, 0.2) is 24.3 Å². The van der Waals surface area contributed by atoms with Gasteiger partial charge in [-0.25, -0.2) is 4.79 Å². The molecule has 11 heteroatoms. The van der Waals surface area contributed by atoms with E-state index >= 15 is 0 Å². The Bertz CT molecular complexity index is 1260. The number of carbonyl (C=O) groups excluding carboxylic acids is 5. The van der Waals surface area contributed by atoms with Gasteiger partial charge in [-0.15, -0.1) is 0 Å². The molecule has 0 spiro atoms. The molecule has 44 heavy (non-hydrogen) atoms. The third kappa shape index (κ3) is 6.77. The molecule has 5 amide bonds. The predicted octanol–water partition coefficient (Wildman–Crippen LogP) is 1.95. The normalized spacial score (nSPS) is 24.0. The van der Waals surface area contributed by atoms with Gasteiger partial charge < -0.3 is 31.3 Å². The standard InChI is InChI=1S/C33H49N5O6/c1-8-11-22(27(39)28(34)40)35-29(41)26-24-21(33(24,5)6)16-38(26)30(42)25(20-14-18-12-9-10-13-19(18)15-20)37-31(43)36-23(17-44-7)32(2,3)4/h9-10,12-13,20-26H,8,11,14-17H2,1-7H3,(H2,34,40)(H,35,41)(H2,36,37,43)/t21-,22?,23+,24-,25-,26-/m0/s1. The van der Waals surface area contributed by atoms with Crippen LogP contribution in [-0.2, 0) is 36.8 Å². The summed E-state index contributed by atoms with van der Waals surface area (Å²) in [4.78, 5) is 67.6. The Morgan fingerprint density at radius 1 is 1.05 bits per heavy atom. The maximum Gasteiger partial charge on any atom is 0.315 e. The molecule has 1 heterocycles. The minimum absolute atomic E-state index is 0.0980. The SMILES string of the molecule is CCCC(NC(=O)[C@@H]1[C@@H]2[C@H](CN1C(=O)[C@@H](NC(=O)N[C@H](COC)C(C)(C)C)C1Cc3ccccc3C1)C2(C)C)C(=O)C(N)=O. The van der Waals surface area contributed by atoms with Crippen LogP contribution < -0.4 is 21.7 Å². The summed E-state index contributed by atoms with van der Waals surface area (Å²) in [6.45, 7) is 12.7. The van der Waals surface area contributed by atoms with Crippen LogP contribution in [0.25, 0.3) is 0 Å². The number of methoxy groups -OCH3 is 1. The van der Waals surface area contributed by atoms with E-state index in [1.54, 1.807) is 12.0 Å². The number of nitrogens with one attached hydrogen (secondary N) is 3. The fourth-order valence-electron chi connectivity index (χ4n) is 7.20. The van der Waals surface area contributed by atoms with Crippen molar-refractivity contribution in [2.45, 2.75) is 91.4 Å². The summed E-state index contributed by atoms with van der Waals surface area (Å²) in [5.74, 6) is -2.98. The third-order valence-corrected chi connectivity index (χ3v) is 10.0. The van der Waals surface area contributed by atoms with Crippen molar-refractivity contribution in [3.8, 4) is 0 Å². The first-order chi connectivity index (χ1) is 20.6. The molecule has 2 aliphatic carbocycles. The number of urea groups is 1. The van der Waals surface area contributed by atoms with Crippen molar-refractivity contribution in [2.75, 3.05) is 20.3 Å². The topological polar surface area (TPSA) is 160 Å². The highest BCUT2D eigenvalue weighted by Crippen LogP contribution is 2.65. The fourth-order valence-corrected chi connectivity index (χ4v) is 7.20. The second-order valence-corrected chi connectivity index (χ2v) is 14.4. The second-order valence-electron chi connectivity index (χ2n) is 14.4. The summed E-state index contributed by atoms with van der Waals surface area (Å²) in [6, 6.07) is 4.45. The zero-order chi connectivity index (χ0) is 32.6. The van der Waals surface area contributed by atoms with Crippen LogP contribution >= 0.6 is 0 Å². The number of fused-ring (bicyclic) bond motifs is 2. The Kier molecular flexibility index (Phi) is 9.78. The van der Waals surface area contributed by atoms with Crippen molar-refractivity contribution in [1.82, 2.24) is 20.9 Å². The van der Waals surface area contributed by atoms with Gasteiger partial charge in [-0.1, -0.05) is 72.2 Å². The van der Waals surface area contributed by atoms with Crippen molar-refractivity contribution < 1.29 is 28.7 Å². The second kappa shape index (κ2) is 12.9. The number of ketones is 1. The lowest BCUT2D eigenvalue weighted by molar-refractivity contribution is -0.144. The number of likely N-dealkylation sites (tertiary alicyclic amines) is 1. The molecule has 0 bridgehead atoms. The summed E-state index contributed by atoms with van der Waals surface area (Å²) in [6.07, 6.45) is 2.04. The first-order valence-corrected chi connectivity index (χ1v) is 15.7. The molecule has 6 atom stereocenters. The van der Waals surface area contributed by atoms with Crippen LogP contribution in [0, 0.1) is 28.6 Å². The summed E-state index contributed by atoms with van der Waals surface area (Å²) in [7, 11) is 1.58. The number of nitrogens with zero attached hydrogens (tertiary/aromatic N) is 1. The average Bonchev–Trinajstić information content (AvgIpc) is 3.32. The highest BCUT2D eigenvalue weighted by atomic mass is 16.5. The number of rotatable bonds is 12. The number of carbonyl (C=O) groups is 5. The lowest BCUT2D eigenvalue weighted by Gasteiger charge is -2.36. The van der Waals surface area contributed by atoms with Gasteiger partial charge in [0.2, 0.25) is 17.6 Å². The van der Waals surface area contributed by atoms with Gasteiger partial charge in [0, 0.05) is 13.7 Å². The zero-order valence-electron chi connectivity index (χ0n) is 27.1. The summed E-state index contributed by atoms with van der Waals surface area (Å²) < 4.78 is 5.35. The monoisotopic (exact) mass is 611 g/mol. The predicted molar refractivity (Wildman–Crippen MR) is 165 cm³/mol. The number of piperidine rings is 1. The molecule has 1 unspecified atom stereocenters. The van der Waals surface area contributed by atoms with Crippen LogP contribution in [0.2, 0.25) is 0 Å². The van der Waals surface area contributed by atoms with Crippen LogP contribution in [-0.4, -0.2) is 78.9 Å². The van der Waals surface area contributed by atoms with E-state index in [4.69, 9.17) is 10.5 Å². The smallest absolute Gasteiger partial charge is 0.315 e. The van der Waals surface area contributed by atoms with E-state index in [0.29, 0.717) is 32.4 Å². The van der Waals surface area contributed by atoms with Gasteiger partial charge in [0.25, 0.3) is 5.91 Å². The molecule has 3 aliphatic rings. The van der Waals surface area contributed by atoms with Crippen LogP contribution in [0.5, 0.6) is 0 Å². The van der Waals surface area contributed by atoms with Crippen molar-refractivity contribution in [1.29, 1.82) is 0 Å². The van der Waals surface area contributed by atoms with Gasteiger partial charge >= 0.3 is 6.03 Å². The lowest BCUT2D eigenvalue weighted by atomic mass is 9.87. The van der Waals surface area contributed by atoms with Gasteiger partial charge in [0.05, 0.1) is 18.7 Å². The Morgan fingerprint density at radius 3 is 2.18 bits per heavy atom. The zero-order valence-corrected chi connectivity index (χ0v) is 27.1. The van der Waals surface area contributed by atoms with E-state index in [9.17, 15) is 24.0 Å². The van der Waals surface area contributed by atoms with E-state index < -0.39 is 41.8 Å². The molecular formula is C33H49N5O6.